The first-order chi connectivity index (χ1) is 9.20. The van der Waals surface area contributed by atoms with Gasteiger partial charge in [-0.25, -0.2) is 0 Å². The maximum absolute atomic E-state index is 12.0. The lowest BCUT2D eigenvalue weighted by atomic mass is 10.0. The normalized spacial score (nSPS) is 10.2. The van der Waals surface area contributed by atoms with E-state index in [1.807, 2.05) is 24.3 Å². The third-order valence-corrected chi connectivity index (χ3v) is 2.90. The fraction of sp³-hybridized carbons (Fsp3) is 0.200. The van der Waals surface area contributed by atoms with Gasteiger partial charge in [0, 0.05) is 12.6 Å². The molecule has 0 aliphatic carbocycles. The number of anilines is 1. The molecule has 0 aliphatic heterocycles. The average Bonchev–Trinajstić information content (AvgIpc) is 2.46. The fourth-order valence-corrected chi connectivity index (χ4v) is 1.82. The summed E-state index contributed by atoms with van der Waals surface area (Å²) in [5.74, 6) is 0.776. The number of pyridine rings is 1. The van der Waals surface area contributed by atoms with Crippen LogP contribution in [-0.4, -0.2) is 17.9 Å². The average molecular weight is 256 g/mol. The van der Waals surface area contributed by atoms with Gasteiger partial charge in [0.25, 0.3) is 0 Å². The van der Waals surface area contributed by atoms with E-state index in [9.17, 15) is 4.79 Å². The Kier molecular flexibility index (Phi) is 4.13. The summed E-state index contributed by atoms with van der Waals surface area (Å²) in [7, 11) is 1.63. The predicted molar refractivity (Wildman–Crippen MR) is 74.3 cm³/mol. The lowest BCUT2D eigenvalue weighted by Gasteiger charge is -2.04. The van der Waals surface area contributed by atoms with E-state index in [1.54, 1.807) is 25.4 Å². The Morgan fingerprint density at radius 1 is 1.26 bits per heavy atom. The van der Waals surface area contributed by atoms with Gasteiger partial charge in [-0.2, -0.15) is 0 Å². The van der Waals surface area contributed by atoms with E-state index in [-0.39, 0.29) is 5.78 Å². The molecule has 0 atom stereocenters. The molecule has 2 N–H and O–H groups in total. The van der Waals surface area contributed by atoms with Crippen LogP contribution in [-0.2, 0) is 6.42 Å². The van der Waals surface area contributed by atoms with Crippen LogP contribution in [0.25, 0.3) is 0 Å². The van der Waals surface area contributed by atoms with Gasteiger partial charge in [0.1, 0.15) is 11.4 Å². The highest BCUT2D eigenvalue weighted by atomic mass is 16.5. The zero-order chi connectivity index (χ0) is 13.7. The van der Waals surface area contributed by atoms with Crippen molar-refractivity contribution < 1.29 is 9.53 Å². The van der Waals surface area contributed by atoms with E-state index >= 15 is 0 Å². The topological polar surface area (TPSA) is 65.2 Å². The molecule has 0 saturated carbocycles. The minimum atomic E-state index is -0.0334. The Morgan fingerprint density at radius 3 is 2.63 bits per heavy atom. The van der Waals surface area contributed by atoms with Crippen molar-refractivity contribution in [3.05, 3.63) is 53.9 Å². The summed E-state index contributed by atoms with van der Waals surface area (Å²) < 4.78 is 5.09. The number of nitrogens with two attached hydrogens (primary N) is 1. The van der Waals surface area contributed by atoms with Crippen molar-refractivity contribution in [2.75, 3.05) is 12.8 Å². The van der Waals surface area contributed by atoms with Crippen LogP contribution in [0.2, 0.25) is 0 Å². The summed E-state index contributed by atoms with van der Waals surface area (Å²) >= 11 is 0. The van der Waals surface area contributed by atoms with Crippen molar-refractivity contribution in [2.24, 2.45) is 0 Å². The second kappa shape index (κ2) is 6.00. The van der Waals surface area contributed by atoms with Crippen LogP contribution in [0, 0.1) is 0 Å². The first-order valence-electron chi connectivity index (χ1n) is 6.07. The van der Waals surface area contributed by atoms with Crippen molar-refractivity contribution in [3.63, 3.8) is 0 Å². The number of rotatable bonds is 5. The third kappa shape index (κ3) is 3.31. The number of ether oxygens (including phenoxy) is 1. The molecule has 4 heteroatoms. The van der Waals surface area contributed by atoms with Crippen LogP contribution in [0.4, 0.5) is 5.69 Å². The van der Waals surface area contributed by atoms with Gasteiger partial charge in [-0.15, -0.1) is 0 Å². The number of hydrogen-bond donors (Lipinski definition) is 1. The number of nitrogens with zero attached hydrogens (tertiary/aromatic N) is 1. The molecule has 0 radical (unpaired) electrons. The maximum Gasteiger partial charge on any atom is 0.183 e. The Labute approximate surface area is 112 Å². The summed E-state index contributed by atoms with van der Waals surface area (Å²) in [6.07, 6.45) is 2.64. The van der Waals surface area contributed by atoms with Gasteiger partial charge in [-0.3, -0.25) is 9.78 Å². The zero-order valence-corrected chi connectivity index (χ0v) is 10.8. The summed E-state index contributed by atoms with van der Waals surface area (Å²) in [6.45, 7) is 0. The van der Waals surface area contributed by atoms with E-state index in [4.69, 9.17) is 10.5 Å². The van der Waals surface area contributed by atoms with E-state index < -0.39 is 0 Å². The van der Waals surface area contributed by atoms with Crippen LogP contribution >= 0.6 is 0 Å². The molecule has 0 saturated heterocycles. The van der Waals surface area contributed by atoms with E-state index in [0.29, 0.717) is 24.2 Å². The lowest BCUT2D eigenvalue weighted by Crippen LogP contribution is -2.07. The van der Waals surface area contributed by atoms with Gasteiger partial charge >= 0.3 is 0 Å². The molecule has 0 amide bonds. The molecule has 0 spiro atoms. The third-order valence-electron chi connectivity index (χ3n) is 2.90. The zero-order valence-electron chi connectivity index (χ0n) is 10.8. The molecule has 1 heterocycles. The second-order valence-corrected chi connectivity index (χ2v) is 4.21. The number of Topliss-reactive ketones (excluding diaryl/α,β-unsaturated/α-hetero) is 1. The van der Waals surface area contributed by atoms with Crippen molar-refractivity contribution in [2.45, 2.75) is 12.8 Å². The minimum absolute atomic E-state index is 0.0334. The number of ketones is 1. The van der Waals surface area contributed by atoms with Crippen LogP contribution < -0.4 is 10.5 Å². The Morgan fingerprint density at radius 2 is 2.00 bits per heavy atom. The first-order valence-corrected chi connectivity index (χ1v) is 6.07. The number of carbonyl (C=O) groups excluding carboxylic acids is 1. The number of carbonyl (C=O) groups is 1. The van der Waals surface area contributed by atoms with Gasteiger partial charge in [0.2, 0.25) is 0 Å². The summed E-state index contributed by atoms with van der Waals surface area (Å²) in [6, 6.07) is 11.1. The molecule has 2 aromatic rings. The molecule has 2 rings (SSSR count). The van der Waals surface area contributed by atoms with Crippen molar-refractivity contribution >= 4 is 11.5 Å². The van der Waals surface area contributed by atoms with Crippen molar-refractivity contribution in [1.29, 1.82) is 0 Å². The minimum Gasteiger partial charge on any atom is -0.497 e. The van der Waals surface area contributed by atoms with Gasteiger partial charge in [-0.05, 0) is 36.2 Å². The first kappa shape index (κ1) is 13.1. The highest BCUT2D eigenvalue weighted by Crippen LogP contribution is 2.15. The molecule has 0 fully saturated rings. The number of benzene rings is 1. The molecule has 1 aromatic heterocycles. The number of nitrogen functional groups attached to an aromatic ring is 1. The maximum atomic E-state index is 12.0. The van der Waals surface area contributed by atoms with Crippen LogP contribution in [0.15, 0.2) is 42.6 Å². The predicted octanol–water partition coefficient (Wildman–Crippen LogP) is 2.49. The summed E-state index contributed by atoms with van der Waals surface area (Å²) in [4.78, 5) is 16.0. The van der Waals surface area contributed by atoms with Gasteiger partial charge < -0.3 is 10.5 Å². The highest BCUT2D eigenvalue weighted by molar-refractivity contribution is 5.98. The Hall–Kier alpha value is -2.36. The van der Waals surface area contributed by atoms with Gasteiger partial charge in [-0.1, -0.05) is 12.1 Å². The number of methoxy groups -OCH3 is 1. The number of aryl methyl sites for hydroxylation is 1. The fourth-order valence-electron chi connectivity index (χ4n) is 1.82. The van der Waals surface area contributed by atoms with Crippen molar-refractivity contribution in [1.82, 2.24) is 4.98 Å². The Balaban J connectivity index is 1.98. The molecule has 0 bridgehead atoms. The number of hydrogen-bond acceptors (Lipinski definition) is 4. The van der Waals surface area contributed by atoms with E-state index in [0.717, 1.165) is 11.3 Å². The van der Waals surface area contributed by atoms with E-state index in [1.165, 1.54) is 0 Å². The molecular formula is C15H16N2O2. The largest absolute Gasteiger partial charge is 0.497 e. The molecular weight excluding hydrogens is 240 g/mol. The van der Waals surface area contributed by atoms with Crippen LogP contribution in [0.1, 0.15) is 22.5 Å². The molecule has 0 aliphatic rings. The SMILES string of the molecule is COc1ccc(CCC(=O)c2ncccc2N)cc1. The quantitative estimate of drug-likeness (QED) is 0.835. The molecule has 98 valence electrons. The summed E-state index contributed by atoms with van der Waals surface area (Å²) in [5, 5.41) is 0. The highest BCUT2D eigenvalue weighted by Gasteiger charge is 2.10. The second-order valence-electron chi connectivity index (χ2n) is 4.21. The smallest absolute Gasteiger partial charge is 0.183 e. The number of aromatic nitrogens is 1. The standard InChI is InChI=1S/C15H16N2O2/c1-19-12-7-4-11(5-8-12)6-9-14(18)15-13(16)3-2-10-17-15/h2-5,7-8,10H,6,9,16H2,1H3. The summed E-state index contributed by atoms with van der Waals surface area (Å²) in [5.41, 5.74) is 7.61. The Bertz CT molecular complexity index is 565. The molecule has 1 aromatic carbocycles. The monoisotopic (exact) mass is 256 g/mol. The molecule has 4 nitrogen and oxygen atoms in total. The van der Waals surface area contributed by atoms with Crippen LogP contribution in [0.3, 0.4) is 0 Å². The van der Waals surface area contributed by atoms with Crippen molar-refractivity contribution in [3.8, 4) is 5.75 Å². The molecule has 19 heavy (non-hydrogen) atoms. The molecule has 0 unspecified atom stereocenters. The van der Waals surface area contributed by atoms with Gasteiger partial charge in [0.15, 0.2) is 5.78 Å². The van der Waals surface area contributed by atoms with E-state index in [2.05, 4.69) is 4.98 Å². The van der Waals surface area contributed by atoms with Gasteiger partial charge in [0.05, 0.1) is 12.8 Å². The van der Waals surface area contributed by atoms with Crippen LogP contribution in [0.5, 0.6) is 5.75 Å². The lowest BCUT2D eigenvalue weighted by molar-refractivity contribution is 0.0979.